The van der Waals surface area contributed by atoms with E-state index in [9.17, 15) is 29.4 Å². The number of ether oxygens (including phenoxy) is 6. The van der Waals surface area contributed by atoms with E-state index in [2.05, 4.69) is 9.97 Å². The van der Waals surface area contributed by atoms with E-state index in [1.165, 1.54) is 43.1 Å². The van der Waals surface area contributed by atoms with Gasteiger partial charge < -0.3 is 38.6 Å². The molecule has 56 heavy (non-hydrogen) atoms. The van der Waals surface area contributed by atoms with E-state index in [1.807, 2.05) is 0 Å². The summed E-state index contributed by atoms with van der Waals surface area (Å²) in [6.45, 7) is 7.10. The van der Waals surface area contributed by atoms with E-state index in [-0.39, 0.29) is 11.1 Å². The summed E-state index contributed by atoms with van der Waals surface area (Å²) in [5.41, 5.74) is -1.93. The topological polar surface area (TPSA) is 206 Å². The van der Waals surface area contributed by atoms with Gasteiger partial charge in [0.25, 0.3) is 11.1 Å². The van der Waals surface area contributed by atoms with Crippen molar-refractivity contribution in [3.8, 4) is 0 Å². The minimum atomic E-state index is -1.29. The Morgan fingerprint density at radius 1 is 0.607 bits per heavy atom. The van der Waals surface area contributed by atoms with Crippen LogP contribution in [0.15, 0.2) is 92.2 Å². The zero-order valence-corrected chi connectivity index (χ0v) is 32.4. The molecule has 4 aliphatic heterocycles. The first-order chi connectivity index (χ1) is 26.7. The number of aliphatic hydroxyl groups excluding tert-OH is 2. The normalized spacial score (nSPS) is 29.9. The highest BCUT2D eigenvalue weighted by molar-refractivity contribution is 8.76. The van der Waals surface area contributed by atoms with Crippen molar-refractivity contribution in [1.29, 1.82) is 0 Å². The van der Waals surface area contributed by atoms with Crippen LogP contribution in [-0.2, 0) is 28.4 Å². The van der Waals surface area contributed by atoms with Crippen molar-refractivity contribution in [3.63, 3.8) is 0 Å². The van der Waals surface area contributed by atoms with Crippen LogP contribution in [0.25, 0.3) is 0 Å². The molecule has 6 heterocycles. The van der Waals surface area contributed by atoms with Gasteiger partial charge in [-0.1, -0.05) is 82.3 Å². The van der Waals surface area contributed by atoms with Gasteiger partial charge in [-0.3, -0.25) is 28.7 Å². The van der Waals surface area contributed by atoms with Crippen molar-refractivity contribution < 1.29 is 38.6 Å². The first-order valence-corrected chi connectivity index (χ1v) is 20.6. The van der Waals surface area contributed by atoms with Gasteiger partial charge in [-0.15, -0.1) is 0 Å². The Bertz CT molecular complexity index is 2140. The predicted molar refractivity (Wildman–Crippen MR) is 204 cm³/mol. The number of aromatic nitrogens is 4. The Kier molecular flexibility index (Phi) is 10.6. The van der Waals surface area contributed by atoms with E-state index < -0.39 is 95.4 Å². The lowest BCUT2D eigenvalue weighted by Gasteiger charge is -2.26. The van der Waals surface area contributed by atoms with Crippen molar-refractivity contribution in [3.05, 3.63) is 137 Å². The summed E-state index contributed by atoms with van der Waals surface area (Å²) in [7, 11) is 2.96. The minimum absolute atomic E-state index is 0.0234. The molecule has 298 valence electrons. The quantitative estimate of drug-likeness (QED) is 0.127. The molecular formula is C38H42N4O12S2. The van der Waals surface area contributed by atoms with E-state index >= 15 is 0 Å². The zero-order valence-electron chi connectivity index (χ0n) is 30.8. The van der Waals surface area contributed by atoms with E-state index in [0.29, 0.717) is 22.6 Å². The van der Waals surface area contributed by atoms with Crippen molar-refractivity contribution >= 4 is 21.6 Å². The summed E-state index contributed by atoms with van der Waals surface area (Å²) in [5, 5.41) is 22.1. The van der Waals surface area contributed by atoms with Crippen molar-refractivity contribution in [2.24, 2.45) is 0 Å². The van der Waals surface area contributed by atoms with Crippen LogP contribution in [0.2, 0.25) is 0 Å². The van der Waals surface area contributed by atoms with Crippen LogP contribution in [0.1, 0.15) is 74.6 Å². The summed E-state index contributed by atoms with van der Waals surface area (Å²) >= 11 is 0. The number of benzene rings is 2. The molecule has 4 aromatic rings. The number of rotatable bonds is 11. The van der Waals surface area contributed by atoms with Crippen molar-refractivity contribution in [1.82, 2.24) is 19.1 Å². The Labute approximate surface area is 327 Å². The maximum absolute atomic E-state index is 13.2. The largest absolute Gasteiger partial charge is 0.383 e. The molecule has 4 aliphatic rings. The van der Waals surface area contributed by atoms with Gasteiger partial charge in [-0.05, 0) is 38.8 Å². The predicted octanol–water partition coefficient (Wildman–Crippen LogP) is 2.47. The maximum Gasteiger partial charge on any atom is 0.330 e. The fraction of sp³-hybridized carbons (Fsp3) is 0.474. The Balaban J connectivity index is 0.971. The van der Waals surface area contributed by atoms with Crippen LogP contribution in [0.5, 0.6) is 0 Å². The summed E-state index contributed by atoms with van der Waals surface area (Å²) in [5.74, 6) is -1.13. The van der Waals surface area contributed by atoms with Crippen LogP contribution in [-0.4, -0.2) is 89.0 Å². The third-order valence-corrected chi connectivity index (χ3v) is 12.6. The van der Waals surface area contributed by atoms with E-state index in [1.54, 1.807) is 88.4 Å². The highest BCUT2D eigenvalue weighted by atomic mass is 33.1. The Hall–Kier alpha value is -3.82. The van der Waals surface area contributed by atoms with Gasteiger partial charge >= 0.3 is 11.4 Å². The van der Waals surface area contributed by atoms with Crippen LogP contribution < -0.4 is 22.5 Å². The zero-order chi connectivity index (χ0) is 39.5. The van der Waals surface area contributed by atoms with Gasteiger partial charge in [-0.2, -0.15) is 0 Å². The molecule has 0 saturated carbocycles. The molecule has 4 fully saturated rings. The molecule has 0 amide bonds. The molecule has 16 nitrogen and oxygen atoms in total. The molecule has 4 saturated heterocycles. The second kappa shape index (κ2) is 15.2. The summed E-state index contributed by atoms with van der Waals surface area (Å²) in [6.07, 6.45) is -5.44. The number of nitrogens with zero attached hydrogens (tertiary/aromatic N) is 2. The molecule has 0 aliphatic carbocycles. The lowest BCUT2D eigenvalue weighted by molar-refractivity contribution is -0.194. The van der Waals surface area contributed by atoms with Gasteiger partial charge in [0.15, 0.2) is 24.0 Å². The fourth-order valence-corrected chi connectivity index (χ4v) is 10.0. The number of hydrogen-bond donors (Lipinski definition) is 4. The van der Waals surface area contributed by atoms with Crippen molar-refractivity contribution in [2.45, 2.75) is 101 Å². The molecule has 0 radical (unpaired) electrons. The molecule has 18 heteroatoms. The second-order valence-corrected chi connectivity index (χ2v) is 17.5. The SMILES string of the molecule is CC1(C)O[C@@H]2[C@H](O1)[C@@H](CSSC[C@H]1O[C@@H](n3cc(C(O)c4ccccc4)c(=O)[nH]c3=O)[C@@H]3OC(C)(C)O[C@@H]31)O[C@H]2n1cc(C(O)c2ccccc2)c(=O)[nH]c1=O. The van der Waals surface area contributed by atoms with Gasteiger partial charge in [-0.25, -0.2) is 9.59 Å². The van der Waals surface area contributed by atoms with Gasteiger partial charge in [0.05, 0.1) is 23.3 Å². The molecule has 0 spiro atoms. The Morgan fingerprint density at radius 2 is 0.964 bits per heavy atom. The average molecular weight is 811 g/mol. The molecule has 4 N–H and O–H groups in total. The first-order valence-electron chi connectivity index (χ1n) is 18.1. The second-order valence-electron chi connectivity index (χ2n) is 15.0. The lowest BCUT2D eigenvalue weighted by atomic mass is 10.0. The van der Waals surface area contributed by atoms with Crippen LogP contribution in [0.3, 0.4) is 0 Å². The molecule has 2 unspecified atom stereocenters. The van der Waals surface area contributed by atoms with E-state index in [0.717, 1.165) is 0 Å². The molecule has 0 bridgehead atoms. The number of aliphatic hydroxyl groups is 2. The fourth-order valence-electron chi connectivity index (χ4n) is 7.66. The lowest BCUT2D eigenvalue weighted by Crippen LogP contribution is -2.39. The van der Waals surface area contributed by atoms with Crippen molar-refractivity contribution in [2.75, 3.05) is 11.5 Å². The summed E-state index contributed by atoms with van der Waals surface area (Å²) in [6, 6.07) is 17.3. The highest BCUT2D eigenvalue weighted by Crippen LogP contribution is 2.47. The summed E-state index contributed by atoms with van der Waals surface area (Å²) in [4.78, 5) is 56.6. The molecule has 8 rings (SSSR count). The minimum Gasteiger partial charge on any atom is -0.383 e. The van der Waals surface area contributed by atoms with Crippen LogP contribution >= 0.6 is 21.6 Å². The highest BCUT2D eigenvalue weighted by Gasteiger charge is 2.57. The molecular weight excluding hydrogens is 769 g/mol. The monoisotopic (exact) mass is 810 g/mol. The van der Waals surface area contributed by atoms with Gasteiger partial charge in [0.2, 0.25) is 0 Å². The average Bonchev–Trinajstić information content (AvgIpc) is 3.86. The third-order valence-electron chi connectivity index (χ3n) is 10.2. The standard InChI is InChI=1S/C38H42N4O12S2/c1-37(2)51-27-23(49-33(29(27)53-37)41-15-21(31(45)39-35(41)47)25(43)19-11-7-5-8-12-19)17-55-56-18-24-28-30(54-38(3,4)52-28)34(50-24)42-16-22(32(46)40-36(42)48)26(44)20-13-9-6-10-14-20/h5-16,23-30,33-34,43-44H,17-18H2,1-4H3,(H,39,45,47)(H,40,46,48)/t23-,24-,25?,26?,27-,28-,29-,30-,33-,34-/m1/s1. The number of aromatic amines is 2. The molecule has 2 aromatic carbocycles. The van der Waals surface area contributed by atoms with Gasteiger partial charge in [0.1, 0.15) is 36.6 Å². The number of fused-ring (bicyclic) bond motifs is 2. The Morgan fingerprint density at radius 3 is 1.34 bits per heavy atom. The van der Waals surface area contributed by atoms with Gasteiger partial charge in [0, 0.05) is 23.9 Å². The molecule has 2 aromatic heterocycles. The smallest absolute Gasteiger partial charge is 0.330 e. The first kappa shape index (κ1) is 39.0. The third kappa shape index (κ3) is 7.50. The maximum atomic E-state index is 13.2. The number of nitrogens with one attached hydrogen (secondary N) is 2. The number of H-pyrrole nitrogens is 2. The van der Waals surface area contributed by atoms with Crippen LogP contribution in [0, 0.1) is 0 Å². The number of hydrogen-bond acceptors (Lipinski definition) is 14. The summed E-state index contributed by atoms with van der Waals surface area (Å²) < 4.78 is 40.2. The van der Waals surface area contributed by atoms with E-state index in [4.69, 9.17) is 28.4 Å². The molecule has 10 atom stereocenters. The van der Waals surface area contributed by atoms with Crippen LogP contribution in [0.4, 0.5) is 0 Å².